The molecule has 0 amide bonds. The van der Waals surface area contributed by atoms with Crippen molar-refractivity contribution in [3.8, 4) is 17.2 Å². The van der Waals surface area contributed by atoms with E-state index in [1.54, 1.807) is 24.3 Å². The lowest BCUT2D eigenvalue weighted by molar-refractivity contribution is -0.214. The molecular weight excluding hydrogens is 1440 g/mol. The summed E-state index contributed by atoms with van der Waals surface area (Å²) in [6.07, 6.45) is 9.33. The van der Waals surface area contributed by atoms with Crippen molar-refractivity contribution in [2.45, 2.75) is 265 Å². The molecule has 118 heavy (non-hydrogen) atoms. The third-order valence-electron chi connectivity index (χ3n) is 21.9. The van der Waals surface area contributed by atoms with Crippen molar-refractivity contribution in [2.24, 2.45) is 0 Å². The summed E-state index contributed by atoms with van der Waals surface area (Å²) in [6, 6.07) is 103. The molecule has 0 saturated carbocycles. The highest BCUT2D eigenvalue weighted by Gasteiger charge is 2.14. The maximum Gasteiger partial charge on any atom is 0.119 e. The van der Waals surface area contributed by atoms with Crippen LogP contribution in [0, 0.1) is 0 Å². The van der Waals surface area contributed by atoms with Gasteiger partial charge in [-0.1, -0.05) is 415 Å². The second kappa shape index (κ2) is 60.4. The van der Waals surface area contributed by atoms with E-state index >= 15 is 0 Å². The van der Waals surface area contributed by atoms with E-state index in [-0.39, 0.29) is 0 Å². The molecule has 5 heteroatoms. The van der Waals surface area contributed by atoms with E-state index in [2.05, 4.69) is 340 Å². The van der Waals surface area contributed by atoms with E-state index in [1.807, 2.05) is 104 Å². The SMILES string of the molecule is CC.CC.CC.CC.CCC(C)c1c2ccccc2cc2ccccc12.CCC(C)c1ccc(O)cc1.CCC(C)c1ccc2cc3ccccc3cc2c1.CCC(C)c1ccc2ccccc2c1.CCC(C)c1cccc(O)c1.CCC(C)c1cccc2ccccc12.CCC(C)c1ccccc1.CCC(C)c1ccccc1O.COO. The number of benzene rings is 14. The van der Waals surface area contributed by atoms with E-state index in [0.717, 1.165) is 24.8 Å². The largest absolute Gasteiger partial charge is 0.508 e. The van der Waals surface area contributed by atoms with Gasteiger partial charge in [-0.25, -0.2) is 4.89 Å². The predicted octanol–water partition coefficient (Wildman–Crippen LogP) is 35.8. The molecule has 0 aliphatic carbocycles. The number of fused-ring (bicyclic) bond motifs is 6. The highest BCUT2D eigenvalue weighted by molar-refractivity contribution is 6.03. The molecule has 14 aromatic rings. The Morgan fingerprint density at radius 2 is 0.508 bits per heavy atom. The summed E-state index contributed by atoms with van der Waals surface area (Å²) in [5.41, 5.74) is 10.9. The van der Waals surface area contributed by atoms with Gasteiger partial charge in [0.05, 0.1) is 7.11 Å². The van der Waals surface area contributed by atoms with E-state index < -0.39 is 0 Å². The Balaban J connectivity index is 0.000000453. The summed E-state index contributed by atoms with van der Waals surface area (Å²) in [6.45, 7) is 51.6. The molecule has 8 unspecified atom stereocenters. The van der Waals surface area contributed by atoms with E-state index in [9.17, 15) is 5.11 Å². The first-order valence-corrected chi connectivity index (χ1v) is 44.6. The van der Waals surface area contributed by atoms with Crippen molar-refractivity contribution >= 4 is 64.6 Å². The molecule has 0 saturated heterocycles. The van der Waals surface area contributed by atoms with Crippen molar-refractivity contribution < 1.29 is 25.5 Å². The fourth-order valence-corrected chi connectivity index (χ4v) is 13.2. The molecule has 4 N–H and O–H groups in total. The molecule has 8 atom stereocenters. The zero-order valence-electron chi connectivity index (χ0n) is 77.3. The number of phenols is 3. The minimum absolute atomic E-state index is 0.344. The summed E-state index contributed by atoms with van der Waals surface area (Å²) in [4.78, 5) is 3.25. The molecule has 0 aliphatic rings. The first kappa shape index (κ1) is 104. The lowest BCUT2D eigenvalue weighted by Crippen LogP contribution is -1.95. The molecule has 0 heterocycles. The summed E-state index contributed by atoms with van der Waals surface area (Å²) >= 11 is 0. The van der Waals surface area contributed by atoms with Gasteiger partial charge < -0.3 is 15.3 Å². The Bertz CT molecular complexity index is 4860. The molecule has 14 rings (SSSR count). The Kier molecular flexibility index (Phi) is 53.3. The molecular formula is C113H152O5. The molecule has 0 bridgehead atoms. The quantitative estimate of drug-likeness (QED) is 0.0440. The van der Waals surface area contributed by atoms with Crippen LogP contribution in [0.2, 0.25) is 0 Å². The third kappa shape index (κ3) is 34.5. The van der Waals surface area contributed by atoms with E-state index in [4.69, 9.17) is 15.5 Å². The van der Waals surface area contributed by atoms with Crippen LogP contribution in [-0.4, -0.2) is 27.7 Å². The minimum atomic E-state index is 0.344. The van der Waals surface area contributed by atoms with Gasteiger partial charge in [-0.2, -0.15) is 0 Å². The van der Waals surface area contributed by atoms with Gasteiger partial charge >= 0.3 is 0 Å². The zero-order chi connectivity index (χ0) is 87.9. The summed E-state index contributed by atoms with van der Waals surface area (Å²) in [5, 5.41) is 50.9. The highest BCUT2D eigenvalue weighted by Crippen LogP contribution is 2.36. The van der Waals surface area contributed by atoms with Gasteiger partial charge in [0.1, 0.15) is 17.2 Å². The Morgan fingerprint density at radius 3 is 0.966 bits per heavy atom. The lowest BCUT2D eigenvalue weighted by atomic mass is 9.88. The lowest BCUT2D eigenvalue weighted by Gasteiger charge is -2.16. The van der Waals surface area contributed by atoms with Crippen LogP contribution in [0.4, 0.5) is 0 Å². The van der Waals surface area contributed by atoms with Crippen LogP contribution in [0.1, 0.15) is 309 Å². The van der Waals surface area contributed by atoms with Crippen LogP contribution >= 0.6 is 0 Å². The third-order valence-corrected chi connectivity index (χ3v) is 21.9. The average molecular weight is 1590 g/mol. The molecule has 634 valence electrons. The minimum Gasteiger partial charge on any atom is -0.508 e. The molecule has 5 nitrogen and oxygen atoms in total. The maximum absolute atomic E-state index is 9.41. The van der Waals surface area contributed by atoms with Crippen molar-refractivity contribution in [1.82, 2.24) is 0 Å². The Morgan fingerprint density at radius 1 is 0.220 bits per heavy atom. The number of rotatable bonds is 16. The normalized spacial score (nSPS) is 12.1. The second-order valence-electron chi connectivity index (χ2n) is 29.5. The standard InChI is InChI=1S/2C18H18.2C14H16.3C10H14O.C10H14.4C2H6.CH4O2/c1-3-13(2)18-16-10-6-4-8-14(16)12-15-9-5-7-11-17(15)18;1-3-13(2)14-8-9-17-11-15-6-4-5-7-16(15)12-18(17)10-14;1-3-11(2)13-10-6-8-12-7-4-5-9-14(12)13;1-3-11(2)13-9-8-12-6-4-5-7-14(12)10-13;1-3-8(2)9-4-6-10(11)7-5-9;1-3-8(2)9-5-4-6-10(11)7-9;1-3-8(2)9-6-4-5-7-10(9)11;1-3-9(2)10-7-5-4-6-8-10;4*1-2;1-3-2/h2*4-13H,3H2,1-2H3;2*4-11H,3H2,1-2H3;3*4-8,11H,3H2,1-2H3;4-9H,3H2,1-2H3;4*1-2H3;2H,1H3. The molecule has 0 spiro atoms. The van der Waals surface area contributed by atoms with Gasteiger partial charge in [-0.15, -0.1) is 0 Å². The maximum atomic E-state index is 9.41. The van der Waals surface area contributed by atoms with Crippen molar-refractivity contribution in [3.05, 3.63) is 342 Å². The second-order valence-corrected chi connectivity index (χ2v) is 29.5. The van der Waals surface area contributed by atoms with Crippen molar-refractivity contribution in [3.63, 3.8) is 0 Å². The van der Waals surface area contributed by atoms with Gasteiger partial charge in [0.15, 0.2) is 0 Å². The van der Waals surface area contributed by atoms with Gasteiger partial charge in [-0.3, -0.25) is 5.26 Å². The molecule has 0 fully saturated rings. The van der Waals surface area contributed by atoms with Crippen molar-refractivity contribution in [2.75, 3.05) is 7.11 Å². The number of hydrogen-bond acceptors (Lipinski definition) is 5. The van der Waals surface area contributed by atoms with Crippen LogP contribution < -0.4 is 0 Å². The smallest absolute Gasteiger partial charge is 0.119 e. The first-order chi connectivity index (χ1) is 57.2. The molecule has 0 aliphatic heterocycles. The van der Waals surface area contributed by atoms with E-state index in [1.165, 1.54) is 143 Å². The molecule has 0 aromatic heterocycles. The van der Waals surface area contributed by atoms with Crippen LogP contribution in [0.5, 0.6) is 17.2 Å². The van der Waals surface area contributed by atoms with Crippen molar-refractivity contribution in [1.29, 1.82) is 0 Å². The molecule has 0 radical (unpaired) electrons. The van der Waals surface area contributed by atoms with Crippen LogP contribution in [0.3, 0.4) is 0 Å². The summed E-state index contributed by atoms with van der Waals surface area (Å²) in [5.74, 6) is 5.99. The average Bonchev–Trinajstić information content (AvgIpc) is 0.775. The van der Waals surface area contributed by atoms with Gasteiger partial charge in [0.25, 0.3) is 0 Å². The summed E-state index contributed by atoms with van der Waals surface area (Å²) in [7, 11) is 1.18. The monoisotopic (exact) mass is 1590 g/mol. The van der Waals surface area contributed by atoms with Gasteiger partial charge in [0.2, 0.25) is 0 Å². The number of phenolic OH excluding ortho intramolecular Hbond substituents is 3. The Hall–Kier alpha value is -10.0. The van der Waals surface area contributed by atoms with Gasteiger partial charge in [0, 0.05) is 0 Å². The Labute approximate surface area is 716 Å². The predicted molar refractivity (Wildman–Crippen MR) is 526 cm³/mol. The fraction of sp³-hybridized carbons (Fsp3) is 0.363. The first-order valence-electron chi connectivity index (χ1n) is 44.6. The van der Waals surface area contributed by atoms with Gasteiger partial charge in [-0.05, 0) is 256 Å². The van der Waals surface area contributed by atoms with E-state index in [0.29, 0.717) is 64.6 Å². The zero-order valence-corrected chi connectivity index (χ0v) is 77.3. The number of para-hydroxylation sites is 1. The van der Waals surface area contributed by atoms with Crippen LogP contribution in [0.15, 0.2) is 297 Å². The highest BCUT2D eigenvalue weighted by atomic mass is 17.1. The topological polar surface area (TPSA) is 90.2 Å². The molecule has 14 aromatic carbocycles. The van der Waals surface area contributed by atoms with Crippen LogP contribution in [-0.2, 0) is 4.89 Å². The fourth-order valence-electron chi connectivity index (χ4n) is 13.2. The number of aromatic hydroxyl groups is 3. The van der Waals surface area contributed by atoms with Crippen LogP contribution in [0.25, 0.3) is 64.6 Å². The number of hydrogen-bond donors (Lipinski definition) is 4. The summed E-state index contributed by atoms with van der Waals surface area (Å²) < 4.78 is 0.